The predicted octanol–water partition coefficient (Wildman–Crippen LogP) is 1.83. The molecule has 3 heterocycles. The van der Waals surface area contributed by atoms with Crippen molar-refractivity contribution in [3.63, 3.8) is 0 Å². The number of aromatic nitrogens is 4. The summed E-state index contributed by atoms with van der Waals surface area (Å²) in [6, 6.07) is 4.28. The molecular weight excluding hydrogens is 426 g/mol. The van der Waals surface area contributed by atoms with Gasteiger partial charge in [-0.3, -0.25) is 24.0 Å². The SMILES string of the molecule is CC(C)(C)NC(=O)CN1CCN(C(=O)CSc2nnc(-c3cccnc3)n2C2CC2)CC1. The Hall–Kier alpha value is -2.46. The van der Waals surface area contributed by atoms with Gasteiger partial charge in [0.05, 0.1) is 12.3 Å². The van der Waals surface area contributed by atoms with Gasteiger partial charge in [0.25, 0.3) is 0 Å². The predicted molar refractivity (Wildman–Crippen MR) is 123 cm³/mol. The van der Waals surface area contributed by atoms with E-state index in [-0.39, 0.29) is 17.4 Å². The largest absolute Gasteiger partial charge is 0.350 e. The summed E-state index contributed by atoms with van der Waals surface area (Å²) in [6.45, 7) is 8.98. The van der Waals surface area contributed by atoms with Crippen LogP contribution in [0, 0.1) is 0 Å². The number of pyridine rings is 1. The summed E-state index contributed by atoms with van der Waals surface area (Å²) in [7, 11) is 0. The molecule has 1 saturated heterocycles. The van der Waals surface area contributed by atoms with E-state index in [4.69, 9.17) is 0 Å². The topological polar surface area (TPSA) is 96.2 Å². The molecule has 4 rings (SSSR count). The lowest BCUT2D eigenvalue weighted by Gasteiger charge is -2.34. The van der Waals surface area contributed by atoms with Gasteiger partial charge in [0.1, 0.15) is 0 Å². The summed E-state index contributed by atoms with van der Waals surface area (Å²) in [4.78, 5) is 33.1. The van der Waals surface area contributed by atoms with Gasteiger partial charge in [0.15, 0.2) is 11.0 Å². The Morgan fingerprint density at radius 3 is 2.53 bits per heavy atom. The lowest BCUT2D eigenvalue weighted by Crippen LogP contribution is -2.53. The van der Waals surface area contributed by atoms with Crippen LogP contribution in [0.1, 0.15) is 39.7 Å². The van der Waals surface area contributed by atoms with E-state index in [1.807, 2.05) is 37.8 Å². The lowest BCUT2D eigenvalue weighted by atomic mass is 10.1. The molecule has 0 spiro atoms. The van der Waals surface area contributed by atoms with Crippen LogP contribution in [-0.2, 0) is 9.59 Å². The Balaban J connectivity index is 1.29. The first kappa shape index (κ1) is 22.7. The molecule has 2 aromatic rings. The first-order valence-corrected chi connectivity index (χ1v) is 12.1. The second-order valence-electron chi connectivity index (χ2n) is 9.39. The van der Waals surface area contributed by atoms with Crippen molar-refractivity contribution in [3.8, 4) is 11.4 Å². The van der Waals surface area contributed by atoms with Gasteiger partial charge in [-0.05, 0) is 45.7 Å². The molecular formula is C22H31N7O2S. The molecule has 0 radical (unpaired) electrons. The average molecular weight is 458 g/mol. The molecule has 2 aliphatic rings. The zero-order valence-electron chi connectivity index (χ0n) is 19.0. The van der Waals surface area contributed by atoms with Crippen molar-refractivity contribution in [2.45, 2.75) is 50.4 Å². The number of hydrogen-bond donors (Lipinski definition) is 1. The van der Waals surface area contributed by atoms with E-state index in [1.54, 1.807) is 12.4 Å². The molecule has 10 heteroatoms. The highest BCUT2D eigenvalue weighted by atomic mass is 32.2. The summed E-state index contributed by atoms with van der Waals surface area (Å²) in [6.07, 6.45) is 5.76. The number of hydrogen-bond acceptors (Lipinski definition) is 7. The van der Waals surface area contributed by atoms with E-state index < -0.39 is 0 Å². The maximum absolute atomic E-state index is 12.8. The van der Waals surface area contributed by atoms with Crippen LogP contribution >= 0.6 is 11.8 Å². The average Bonchev–Trinajstić information content (AvgIpc) is 3.50. The monoisotopic (exact) mass is 457 g/mol. The highest BCUT2D eigenvalue weighted by molar-refractivity contribution is 7.99. The van der Waals surface area contributed by atoms with Gasteiger partial charge < -0.3 is 10.2 Å². The minimum Gasteiger partial charge on any atom is -0.350 e. The highest BCUT2D eigenvalue weighted by Gasteiger charge is 2.31. The first-order chi connectivity index (χ1) is 15.3. The second-order valence-corrected chi connectivity index (χ2v) is 10.3. The number of carbonyl (C=O) groups excluding carboxylic acids is 2. The zero-order valence-corrected chi connectivity index (χ0v) is 19.8. The third-order valence-corrected chi connectivity index (χ3v) is 6.36. The molecule has 1 aliphatic carbocycles. The number of thioether (sulfide) groups is 1. The van der Waals surface area contributed by atoms with Crippen LogP contribution < -0.4 is 5.32 Å². The highest BCUT2D eigenvalue weighted by Crippen LogP contribution is 2.40. The van der Waals surface area contributed by atoms with E-state index in [0.29, 0.717) is 44.5 Å². The molecule has 0 unspecified atom stereocenters. The van der Waals surface area contributed by atoms with Crippen molar-refractivity contribution < 1.29 is 9.59 Å². The normalized spacial score (nSPS) is 17.4. The molecule has 1 N–H and O–H groups in total. The molecule has 1 aliphatic heterocycles. The van der Waals surface area contributed by atoms with Crippen LogP contribution in [0.15, 0.2) is 29.7 Å². The van der Waals surface area contributed by atoms with E-state index >= 15 is 0 Å². The van der Waals surface area contributed by atoms with Crippen LogP contribution in [0.3, 0.4) is 0 Å². The number of amides is 2. The lowest BCUT2D eigenvalue weighted by molar-refractivity contribution is -0.130. The maximum atomic E-state index is 12.8. The molecule has 172 valence electrons. The van der Waals surface area contributed by atoms with Crippen molar-refractivity contribution in [1.82, 2.24) is 34.9 Å². The molecule has 0 bridgehead atoms. The van der Waals surface area contributed by atoms with Crippen LogP contribution in [0.4, 0.5) is 0 Å². The minimum atomic E-state index is -0.232. The molecule has 32 heavy (non-hydrogen) atoms. The summed E-state index contributed by atoms with van der Waals surface area (Å²) in [5, 5.41) is 12.5. The number of nitrogens with zero attached hydrogens (tertiary/aromatic N) is 6. The smallest absolute Gasteiger partial charge is 0.234 e. The number of carbonyl (C=O) groups is 2. The van der Waals surface area contributed by atoms with Crippen LogP contribution in [0.25, 0.3) is 11.4 Å². The second kappa shape index (κ2) is 9.58. The fourth-order valence-corrected chi connectivity index (χ4v) is 4.67. The Morgan fingerprint density at radius 2 is 1.91 bits per heavy atom. The summed E-state index contributed by atoms with van der Waals surface area (Å²) in [5.41, 5.74) is 0.709. The molecule has 2 aromatic heterocycles. The maximum Gasteiger partial charge on any atom is 0.234 e. The van der Waals surface area contributed by atoms with Gasteiger partial charge in [-0.25, -0.2) is 0 Å². The van der Waals surface area contributed by atoms with Crippen molar-refractivity contribution in [2.75, 3.05) is 38.5 Å². The fraction of sp³-hybridized carbons (Fsp3) is 0.591. The van der Waals surface area contributed by atoms with Gasteiger partial charge in [-0.1, -0.05) is 11.8 Å². The quantitative estimate of drug-likeness (QED) is 0.634. The molecule has 2 amide bonds. The number of rotatable bonds is 7. The molecule has 1 saturated carbocycles. The molecule has 9 nitrogen and oxygen atoms in total. The van der Waals surface area contributed by atoms with Crippen molar-refractivity contribution in [3.05, 3.63) is 24.5 Å². The molecule has 2 fully saturated rings. The van der Waals surface area contributed by atoms with Crippen molar-refractivity contribution in [2.24, 2.45) is 0 Å². The standard InChI is InChI=1S/C22H31N7O2S/c1-22(2,3)24-18(30)14-27-9-11-28(12-10-27)19(31)15-32-21-26-25-20(29(21)17-6-7-17)16-5-4-8-23-13-16/h4-5,8,13,17H,6-7,9-12,14-15H2,1-3H3,(H,24,30). The van der Waals surface area contributed by atoms with E-state index in [2.05, 4.69) is 30.0 Å². The summed E-state index contributed by atoms with van der Waals surface area (Å²) < 4.78 is 2.15. The zero-order chi connectivity index (χ0) is 22.7. The van der Waals surface area contributed by atoms with E-state index in [0.717, 1.165) is 29.4 Å². The van der Waals surface area contributed by atoms with Crippen molar-refractivity contribution in [1.29, 1.82) is 0 Å². The number of nitrogens with one attached hydrogen (secondary N) is 1. The number of piperazine rings is 1. The van der Waals surface area contributed by atoms with Gasteiger partial charge in [-0.15, -0.1) is 10.2 Å². The molecule has 0 atom stereocenters. The Bertz CT molecular complexity index is 945. The van der Waals surface area contributed by atoms with Crippen LogP contribution in [0.2, 0.25) is 0 Å². The summed E-state index contributed by atoms with van der Waals surface area (Å²) in [5.74, 6) is 1.28. The Morgan fingerprint density at radius 1 is 1.16 bits per heavy atom. The van der Waals surface area contributed by atoms with Crippen LogP contribution in [0.5, 0.6) is 0 Å². The third-order valence-electron chi connectivity index (χ3n) is 5.43. The van der Waals surface area contributed by atoms with Gasteiger partial charge in [0, 0.05) is 55.7 Å². The van der Waals surface area contributed by atoms with Gasteiger partial charge in [0.2, 0.25) is 11.8 Å². The molecule has 0 aromatic carbocycles. The van der Waals surface area contributed by atoms with Crippen molar-refractivity contribution >= 4 is 23.6 Å². The van der Waals surface area contributed by atoms with Crippen LogP contribution in [-0.4, -0.2) is 85.4 Å². The summed E-state index contributed by atoms with van der Waals surface area (Å²) >= 11 is 1.45. The van der Waals surface area contributed by atoms with Gasteiger partial charge in [-0.2, -0.15) is 0 Å². The van der Waals surface area contributed by atoms with E-state index in [1.165, 1.54) is 11.8 Å². The first-order valence-electron chi connectivity index (χ1n) is 11.1. The minimum absolute atomic E-state index is 0.0247. The van der Waals surface area contributed by atoms with Gasteiger partial charge >= 0.3 is 0 Å². The Kier molecular flexibility index (Phi) is 6.80. The fourth-order valence-electron chi connectivity index (χ4n) is 3.76. The Labute approximate surface area is 193 Å². The third kappa shape index (κ3) is 5.86. The van der Waals surface area contributed by atoms with E-state index in [9.17, 15) is 9.59 Å².